The Morgan fingerprint density at radius 2 is 1.85 bits per heavy atom. The molecule has 2 aromatic rings. The van der Waals surface area contributed by atoms with Crippen molar-refractivity contribution in [3.63, 3.8) is 0 Å². The third kappa shape index (κ3) is 2.99. The number of hydrogen-bond acceptors (Lipinski definition) is 2. The Morgan fingerprint density at radius 3 is 2.45 bits per heavy atom. The van der Waals surface area contributed by atoms with Crippen molar-refractivity contribution in [1.29, 1.82) is 0 Å². The van der Waals surface area contributed by atoms with Gasteiger partial charge in [-0.25, -0.2) is 4.39 Å². The first-order valence-electron chi connectivity index (χ1n) is 5.88. The number of ether oxygens (including phenoxy) is 2. The van der Waals surface area contributed by atoms with E-state index in [1.54, 1.807) is 38.5 Å². The number of alkyl halides is 1. The predicted molar refractivity (Wildman–Crippen MR) is 84.4 cm³/mol. The Hall–Kier alpha value is -1.07. The Bertz CT molecular complexity index is 597. The number of hydrogen-bond donors (Lipinski definition) is 0. The second-order valence-electron chi connectivity index (χ2n) is 4.11. The third-order valence-corrected chi connectivity index (χ3v) is 4.61. The van der Waals surface area contributed by atoms with Crippen LogP contribution in [0.25, 0.3) is 0 Å². The molecule has 5 heteroatoms. The van der Waals surface area contributed by atoms with Gasteiger partial charge in [-0.1, -0.05) is 37.9 Å². The molecule has 0 aliphatic heterocycles. The van der Waals surface area contributed by atoms with Crippen LogP contribution >= 0.6 is 31.9 Å². The van der Waals surface area contributed by atoms with Crippen LogP contribution in [-0.2, 0) is 0 Å². The van der Waals surface area contributed by atoms with Crippen molar-refractivity contribution in [2.24, 2.45) is 0 Å². The van der Waals surface area contributed by atoms with Gasteiger partial charge < -0.3 is 9.47 Å². The first-order chi connectivity index (χ1) is 9.58. The van der Waals surface area contributed by atoms with Gasteiger partial charge in [-0.15, -0.1) is 0 Å². The maximum atomic E-state index is 14.1. The van der Waals surface area contributed by atoms with Crippen molar-refractivity contribution in [1.82, 2.24) is 0 Å². The van der Waals surface area contributed by atoms with E-state index in [0.717, 1.165) is 5.56 Å². The minimum Gasteiger partial charge on any atom is -0.497 e. The Balaban J connectivity index is 2.55. The van der Waals surface area contributed by atoms with Crippen LogP contribution in [0.2, 0.25) is 0 Å². The van der Waals surface area contributed by atoms with E-state index >= 15 is 0 Å². The molecule has 0 bridgehead atoms. The standard InChI is InChI=1S/C15H13Br2FO2/c1-19-9-6-7-13(20-2)10(8-9)15(17)14-11(16)4-3-5-12(14)18/h3-8,15H,1-2H3. The zero-order valence-electron chi connectivity index (χ0n) is 11.0. The molecule has 0 N–H and O–H groups in total. The molecule has 0 fully saturated rings. The summed E-state index contributed by atoms with van der Waals surface area (Å²) in [6.45, 7) is 0. The maximum Gasteiger partial charge on any atom is 0.129 e. The number of rotatable bonds is 4. The molecule has 0 saturated heterocycles. The number of benzene rings is 2. The van der Waals surface area contributed by atoms with Crippen molar-refractivity contribution < 1.29 is 13.9 Å². The highest BCUT2D eigenvalue weighted by atomic mass is 79.9. The van der Waals surface area contributed by atoms with E-state index in [4.69, 9.17) is 9.47 Å². The van der Waals surface area contributed by atoms with Gasteiger partial charge in [-0.05, 0) is 30.3 Å². The monoisotopic (exact) mass is 402 g/mol. The molecule has 1 unspecified atom stereocenters. The van der Waals surface area contributed by atoms with E-state index in [-0.39, 0.29) is 10.6 Å². The summed E-state index contributed by atoms with van der Waals surface area (Å²) in [5.74, 6) is 1.08. The average molecular weight is 404 g/mol. The van der Waals surface area contributed by atoms with Crippen LogP contribution in [0.1, 0.15) is 16.0 Å². The Kier molecular flexibility index (Phi) is 5.05. The Labute approximate surface area is 134 Å². The second-order valence-corrected chi connectivity index (χ2v) is 5.88. The van der Waals surface area contributed by atoms with Gasteiger partial charge in [0.25, 0.3) is 0 Å². The highest BCUT2D eigenvalue weighted by Crippen LogP contribution is 2.42. The van der Waals surface area contributed by atoms with Crippen LogP contribution < -0.4 is 9.47 Å². The molecule has 0 saturated carbocycles. The fourth-order valence-electron chi connectivity index (χ4n) is 1.95. The topological polar surface area (TPSA) is 18.5 Å². The van der Waals surface area contributed by atoms with Crippen molar-refractivity contribution in [3.8, 4) is 11.5 Å². The minimum atomic E-state index is -0.344. The summed E-state index contributed by atoms with van der Waals surface area (Å²) >= 11 is 6.93. The predicted octanol–water partition coefficient (Wildman–Crippen LogP) is 5.09. The lowest BCUT2D eigenvalue weighted by molar-refractivity contribution is 0.399. The fraction of sp³-hybridized carbons (Fsp3) is 0.200. The van der Waals surface area contributed by atoms with Gasteiger partial charge in [0.1, 0.15) is 17.3 Å². The van der Waals surface area contributed by atoms with Gasteiger partial charge in [0.2, 0.25) is 0 Å². The molecule has 0 aliphatic rings. The van der Waals surface area contributed by atoms with E-state index in [1.165, 1.54) is 6.07 Å². The van der Waals surface area contributed by atoms with Gasteiger partial charge in [0, 0.05) is 15.6 Å². The second kappa shape index (κ2) is 6.59. The molecule has 0 radical (unpaired) electrons. The SMILES string of the molecule is COc1ccc(OC)c(C(Br)c2c(F)cccc2Br)c1. The molecule has 2 aromatic carbocycles. The molecule has 0 aromatic heterocycles. The van der Waals surface area contributed by atoms with E-state index < -0.39 is 0 Å². The van der Waals surface area contributed by atoms with Crippen molar-refractivity contribution in [2.45, 2.75) is 4.83 Å². The third-order valence-electron chi connectivity index (χ3n) is 2.96. The van der Waals surface area contributed by atoms with Crippen LogP contribution in [0.15, 0.2) is 40.9 Å². The zero-order valence-corrected chi connectivity index (χ0v) is 14.2. The lowest BCUT2D eigenvalue weighted by atomic mass is 10.0. The molecule has 2 rings (SSSR count). The summed E-state index contributed by atoms with van der Waals surface area (Å²) < 4.78 is 25.3. The lowest BCUT2D eigenvalue weighted by Gasteiger charge is -2.17. The van der Waals surface area contributed by atoms with E-state index in [0.29, 0.717) is 21.5 Å². The highest BCUT2D eigenvalue weighted by Gasteiger charge is 2.21. The van der Waals surface area contributed by atoms with Crippen molar-refractivity contribution in [2.75, 3.05) is 14.2 Å². The first kappa shape index (κ1) is 15.3. The molecule has 20 heavy (non-hydrogen) atoms. The summed E-state index contributed by atoms with van der Waals surface area (Å²) in [6, 6.07) is 10.3. The summed E-state index contributed by atoms with van der Waals surface area (Å²) in [5.41, 5.74) is 1.33. The molecule has 1 atom stereocenters. The molecular formula is C15H13Br2FO2. The lowest BCUT2D eigenvalue weighted by Crippen LogP contribution is -2.01. The Morgan fingerprint density at radius 1 is 1.10 bits per heavy atom. The number of halogens is 3. The number of methoxy groups -OCH3 is 2. The van der Waals surface area contributed by atoms with Gasteiger partial charge in [-0.3, -0.25) is 0 Å². The van der Waals surface area contributed by atoms with Crippen LogP contribution in [0.4, 0.5) is 4.39 Å². The van der Waals surface area contributed by atoms with Gasteiger partial charge >= 0.3 is 0 Å². The normalized spacial score (nSPS) is 12.1. The van der Waals surface area contributed by atoms with Gasteiger partial charge in [0.15, 0.2) is 0 Å². The molecule has 0 amide bonds. The largest absolute Gasteiger partial charge is 0.497 e. The van der Waals surface area contributed by atoms with E-state index in [9.17, 15) is 4.39 Å². The maximum absolute atomic E-state index is 14.1. The summed E-state index contributed by atoms with van der Waals surface area (Å²) in [4.78, 5) is -0.344. The smallest absolute Gasteiger partial charge is 0.129 e. The molecular weight excluding hydrogens is 391 g/mol. The summed E-state index contributed by atoms with van der Waals surface area (Å²) in [7, 11) is 3.18. The first-order valence-corrected chi connectivity index (χ1v) is 7.59. The van der Waals surface area contributed by atoms with Crippen LogP contribution in [0, 0.1) is 5.82 Å². The average Bonchev–Trinajstić information content (AvgIpc) is 2.46. The molecule has 2 nitrogen and oxygen atoms in total. The van der Waals surface area contributed by atoms with Crippen LogP contribution in [0.5, 0.6) is 11.5 Å². The molecule has 0 aliphatic carbocycles. The molecule has 106 valence electrons. The van der Waals surface area contributed by atoms with E-state index in [2.05, 4.69) is 31.9 Å². The molecule has 0 spiro atoms. The summed E-state index contributed by atoms with van der Waals surface area (Å²) in [5, 5.41) is 0. The van der Waals surface area contributed by atoms with E-state index in [1.807, 2.05) is 6.07 Å². The minimum absolute atomic E-state index is 0.286. The highest BCUT2D eigenvalue weighted by molar-refractivity contribution is 9.11. The van der Waals surface area contributed by atoms with Gasteiger partial charge in [0.05, 0.1) is 19.0 Å². The zero-order chi connectivity index (χ0) is 14.7. The van der Waals surface area contributed by atoms with Crippen molar-refractivity contribution in [3.05, 3.63) is 57.8 Å². The molecule has 0 heterocycles. The summed E-state index contributed by atoms with van der Waals surface area (Å²) in [6.07, 6.45) is 0. The van der Waals surface area contributed by atoms with Crippen LogP contribution in [0.3, 0.4) is 0 Å². The fourth-order valence-corrected chi connectivity index (χ4v) is 3.65. The van der Waals surface area contributed by atoms with Crippen molar-refractivity contribution >= 4 is 31.9 Å². The quantitative estimate of drug-likeness (QED) is 0.662. The van der Waals surface area contributed by atoms with Gasteiger partial charge in [-0.2, -0.15) is 0 Å². The van der Waals surface area contributed by atoms with Crippen LogP contribution in [-0.4, -0.2) is 14.2 Å².